The Morgan fingerprint density at radius 3 is 2.15 bits per heavy atom. The van der Waals surface area contributed by atoms with E-state index >= 15 is 0 Å². The Bertz CT molecular complexity index is 640. The molecule has 0 unspecified atom stereocenters. The number of nitrogens with zero attached hydrogens (tertiary/aromatic N) is 1. The molecule has 0 bridgehead atoms. The normalized spacial score (nSPS) is 11.4. The Balaban J connectivity index is 2.06. The van der Waals surface area contributed by atoms with Crippen molar-refractivity contribution in [3.8, 4) is 0 Å². The lowest BCUT2D eigenvalue weighted by Gasteiger charge is -2.07. The lowest BCUT2D eigenvalue weighted by atomic mass is 10.2. The van der Waals surface area contributed by atoms with E-state index in [0.717, 1.165) is 11.1 Å². The maximum atomic E-state index is 12.1. The molecule has 1 heterocycles. The van der Waals surface area contributed by atoms with Gasteiger partial charge in [0.05, 0.1) is 4.90 Å². The third-order valence-electron chi connectivity index (χ3n) is 2.83. The lowest BCUT2D eigenvalue weighted by Crippen LogP contribution is -2.23. The van der Waals surface area contributed by atoms with Crippen LogP contribution in [0.15, 0.2) is 53.7 Å². The van der Waals surface area contributed by atoms with E-state index in [1.807, 2.05) is 7.05 Å². The van der Waals surface area contributed by atoms with Crippen LogP contribution < -0.4 is 10.0 Å². The molecule has 0 amide bonds. The van der Waals surface area contributed by atoms with E-state index in [-0.39, 0.29) is 11.4 Å². The van der Waals surface area contributed by atoms with Crippen LogP contribution in [0.4, 0.5) is 0 Å². The summed E-state index contributed by atoms with van der Waals surface area (Å²) in [5.74, 6) is 0. The molecule has 0 saturated carbocycles. The quantitative estimate of drug-likeness (QED) is 0.841. The number of sulfonamides is 1. The minimum absolute atomic E-state index is 0.253. The smallest absolute Gasteiger partial charge is 0.240 e. The maximum Gasteiger partial charge on any atom is 0.240 e. The van der Waals surface area contributed by atoms with E-state index in [1.54, 1.807) is 48.8 Å². The second kappa shape index (κ2) is 6.60. The highest BCUT2D eigenvalue weighted by molar-refractivity contribution is 7.89. The zero-order valence-electron chi connectivity index (χ0n) is 11.2. The largest absolute Gasteiger partial charge is 0.316 e. The van der Waals surface area contributed by atoms with Crippen LogP contribution in [0.5, 0.6) is 0 Å². The van der Waals surface area contributed by atoms with Gasteiger partial charge in [-0.15, -0.1) is 0 Å². The fourth-order valence-electron chi connectivity index (χ4n) is 1.75. The summed E-state index contributed by atoms with van der Waals surface area (Å²) in [7, 11) is -1.63. The first kappa shape index (κ1) is 14.6. The Morgan fingerprint density at radius 1 is 0.950 bits per heavy atom. The molecule has 0 aliphatic carbocycles. The highest BCUT2D eigenvalue weighted by Crippen LogP contribution is 2.11. The minimum Gasteiger partial charge on any atom is -0.316 e. The average molecular weight is 291 g/mol. The van der Waals surface area contributed by atoms with Crippen LogP contribution in [0.2, 0.25) is 0 Å². The van der Waals surface area contributed by atoms with E-state index in [9.17, 15) is 8.42 Å². The van der Waals surface area contributed by atoms with Gasteiger partial charge in [-0.3, -0.25) is 4.98 Å². The second-order valence-corrected chi connectivity index (χ2v) is 6.12. The number of pyridine rings is 1. The molecule has 0 atom stereocenters. The van der Waals surface area contributed by atoms with Gasteiger partial charge >= 0.3 is 0 Å². The topological polar surface area (TPSA) is 71.1 Å². The van der Waals surface area contributed by atoms with Crippen molar-refractivity contribution in [1.82, 2.24) is 15.0 Å². The molecule has 0 fully saturated rings. The molecule has 1 aromatic heterocycles. The highest BCUT2D eigenvalue weighted by atomic mass is 32.2. The fourth-order valence-corrected chi connectivity index (χ4v) is 2.77. The summed E-state index contributed by atoms with van der Waals surface area (Å²) in [6, 6.07) is 10.4. The third kappa shape index (κ3) is 3.86. The molecule has 6 heteroatoms. The predicted octanol–water partition coefficient (Wildman–Crippen LogP) is 1.28. The molecule has 0 radical (unpaired) electrons. The summed E-state index contributed by atoms with van der Waals surface area (Å²) in [5.41, 5.74) is 1.91. The molecule has 5 nitrogen and oxygen atoms in total. The molecule has 0 aliphatic heterocycles. The molecule has 1 aromatic carbocycles. The minimum atomic E-state index is -3.48. The van der Waals surface area contributed by atoms with Gasteiger partial charge in [0.2, 0.25) is 10.0 Å². The van der Waals surface area contributed by atoms with Gasteiger partial charge < -0.3 is 5.32 Å². The molecular weight excluding hydrogens is 274 g/mol. The molecule has 2 N–H and O–H groups in total. The summed E-state index contributed by atoms with van der Waals surface area (Å²) in [5, 5.41) is 3.02. The molecular formula is C14H17N3O2S. The summed E-state index contributed by atoms with van der Waals surface area (Å²) >= 11 is 0. The number of rotatable bonds is 6. The van der Waals surface area contributed by atoms with Crippen LogP contribution in [0, 0.1) is 0 Å². The monoisotopic (exact) mass is 291 g/mol. The molecule has 106 valence electrons. The average Bonchev–Trinajstić information content (AvgIpc) is 2.47. The van der Waals surface area contributed by atoms with Crippen LogP contribution in [-0.2, 0) is 23.1 Å². The summed E-state index contributed by atoms with van der Waals surface area (Å²) in [6.07, 6.45) is 3.27. The predicted molar refractivity (Wildman–Crippen MR) is 77.5 cm³/mol. The van der Waals surface area contributed by atoms with Crippen molar-refractivity contribution in [1.29, 1.82) is 0 Å². The van der Waals surface area contributed by atoms with Gasteiger partial charge in [0.25, 0.3) is 0 Å². The zero-order valence-corrected chi connectivity index (χ0v) is 12.0. The maximum absolute atomic E-state index is 12.1. The van der Waals surface area contributed by atoms with Gasteiger partial charge in [0.15, 0.2) is 0 Å². The number of aromatic nitrogens is 1. The molecule has 20 heavy (non-hydrogen) atoms. The van der Waals surface area contributed by atoms with E-state index in [1.165, 1.54) is 0 Å². The Labute approximate surface area is 119 Å². The van der Waals surface area contributed by atoms with Crippen molar-refractivity contribution in [2.45, 2.75) is 18.0 Å². The van der Waals surface area contributed by atoms with Crippen molar-refractivity contribution < 1.29 is 8.42 Å². The standard InChI is InChI=1S/C14H17N3O2S/c1-15-10-12-2-4-14(5-3-12)20(18,19)17-11-13-6-8-16-9-7-13/h2-9,15,17H,10-11H2,1H3. The van der Waals surface area contributed by atoms with Crippen molar-refractivity contribution in [2.24, 2.45) is 0 Å². The van der Waals surface area contributed by atoms with E-state index < -0.39 is 10.0 Å². The Hall–Kier alpha value is -1.76. The lowest BCUT2D eigenvalue weighted by molar-refractivity contribution is 0.581. The summed E-state index contributed by atoms with van der Waals surface area (Å²) in [4.78, 5) is 4.16. The summed E-state index contributed by atoms with van der Waals surface area (Å²) < 4.78 is 26.8. The zero-order chi connectivity index (χ0) is 14.4. The van der Waals surface area contributed by atoms with Crippen LogP contribution >= 0.6 is 0 Å². The molecule has 2 rings (SSSR count). The van der Waals surface area contributed by atoms with Gasteiger partial charge in [0.1, 0.15) is 0 Å². The molecule has 2 aromatic rings. The number of nitrogens with one attached hydrogen (secondary N) is 2. The van der Waals surface area contributed by atoms with Crippen molar-refractivity contribution in [2.75, 3.05) is 7.05 Å². The number of benzene rings is 1. The van der Waals surface area contributed by atoms with E-state index in [2.05, 4.69) is 15.0 Å². The Morgan fingerprint density at radius 2 is 1.55 bits per heavy atom. The molecule has 0 spiro atoms. The first-order valence-corrected chi connectivity index (χ1v) is 7.72. The highest BCUT2D eigenvalue weighted by Gasteiger charge is 2.13. The van der Waals surface area contributed by atoms with Crippen LogP contribution in [0.3, 0.4) is 0 Å². The fraction of sp³-hybridized carbons (Fsp3) is 0.214. The van der Waals surface area contributed by atoms with Gasteiger partial charge in [-0.25, -0.2) is 13.1 Å². The van der Waals surface area contributed by atoms with Crippen molar-refractivity contribution >= 4 is 10.0 Å². The van der Waals surface area contributed by atoms with Gasteiger partial charge in [0, 0.05) is 25.5 Å². The van der Waals surface area contributed by atoms with Crippen LogP contribution in [0.25, 0.3) is 0 Å². The van der Waals surface area contributed by atoms with Crippen molar-refractivity contribution in [3.05, 3.63) is 59.9 Å². The second-order valence-electron chi connectivity index (χ2n) is 4.35. The van der Waals surface area contributed by atoms with E-state index in [4.69, 9.17) is 0 Å². The molecule has 0 saturated heterocycles. The number of hydrogen-bond acceptors (Lipinski definition) is 4. The van der Waals surface area contributed by atoms with Crippen LogP contribution in [-0.4, -0.2) is 20.4 Å². The first-order valence-electron chi connectivity index (χ1n) is 6.24. The summed E-state index contributed by atoms with van der Waals surface area (Å²) in [6.45, 7) is 0.966. The van der Waals surface area contributed by atoms with E-state index in [0.29, 0.717) is 6.54 Å². The van der Waals surface area contributed by atoms with Crippen LogP contribution in [0.1, 0.15) is 11.1 Å². The van der Waals surface area contributed by atoms with Crippen molar-refractivity contribution in [3.63, 3.8) is 0 Å². The van der Waals surface area contributed by atoms with Gasteiger partial charge in [-0.1, -0.05) is 12.1 Å². The number of hydrogen-bond donors (Lipinski definition) is 2. The van der Waals surface area contributed by atoms with Gasteiger partial charge in [-0.2, -0.15) is 0 Å². The Kier molecular flexibility index (Phi) is 4.84. The molecule has 0 aliphatic rings. The first-order chi connectivity index (χ1) is 9.62. The van der Waals surface area contributed by atoms with Gasteiger partial charge in [-0.05, 0) is 42.4 Å². The SMILES string of the molecule is CNCc1ccc(S(=O)(=O)NCc2ccncc2)cc1. The third-order valence-corrected chi connectivity index (χ3v) is 4.25.